The third-order valence-electron chi connectivity index (χ3n) is 5.91. The molecule has 31 heavy (non-hydrogen) atoms. The molecule has 0 aromatic heterocycles. The Morgan fingerprint density at radius 3 is 2.35 bits per heavy atom. The minimum absolute atomic E-state index is 0.0425. The molecule has 2 saturated heterocycles. The first-order chi connectivity index (χ1) is 15.0. The van der Waals surface area contributed by atoms with Crippen LogP contribution in [0.5, 0.6) is 0 Å². The van der Waals surface area contributed by atoms with Crippen molar-refractivity contribution in [3.05, 3.63) is 69.7 Å². The van der Waals surface area contributed by atoms with Crippen LogP contribution in [0.2, 0.25) is 5.02 Å². The van der Waals surface area contributed by atoms with Gasteiger partial charge in [-0.15, -0.1) is 0 Å². The van der Waals surface area contributed by atoms with Crippen molar-refractivity contribution in [3.8, 4) is 0 Å². The number of hydrogen-bond acceptors (Lipinski definition) is 7. The maximum absolute atomic E-state index is 10.4. The Bertz CT molecular complexity index is 867. The van der Waals surface area contributed by atoms with Crippen LogP contribution in [-0.4, -0.2) is 64.8 Å². The van der Waals surface area contributed by atoms with Crippen LogP contribution >= 0.6 is 11.6 Å². The molecule has 2 heterocycles. The monoisotopic (exact) mass is 450 g/mol. The van der Waals surface area contributed by atoms with Gasteiger partial charge in [0.2, 0.25) is 0 Å². The maximum Gasteiger partial charge on any atom is 0.147 e. The first kappa shape index (κ1) is 22.6. The zero-order valence-electron chi connectivity index (χ0n) is 16.9. The quantitative estimate of drug-likeness (QED) is 0.550. The first-order valence-corrected chi connectivity index (χ1v) is 10.7. The summed E-state index contributed by atoms with van der Waals surface area (Å²) >= 11 is 6.42. The summed E-state index contributed by atoms with van der Waals surface area (Å²) in [6.45, 7) is 0.532. The molecule has 0 aliphatic carbocycles. The minimum Gasteiger partial charge on any atom is -0.394 e. The lowest BCUT2D eigenvalue weighted by Crippen LogP contribution is -2.55. The third-order valence-corrected chi connectivity index (χ3v) is 6.28. The molecule has 7 nitrogen and oxygen atoms in total. The molecule has 4 rings (SSSR count). The molecule has 0 spiro atoms. The summed E-state index contributed by atoms with van der Waals surface area (Å²) in [5.74, 6) is 0. The molecule has 2 aromatic rings. The summed E-state index contributed by atoms with van der Waals surface area (Å²) in [6, 6.07) is 13.4. The van der Waals surface area contributed by atoms with E-state index in [9.17, 15) is 20.4 Å². The van der Waals surface area contributed by atoms with Crippen molar-refractivity contribution in [1.82, 2.24) is 0 Å². The van der Waals surface area contributed by atoms with E-state index < -0.39 is 37.1 Å². The molecular formula is C23H27ClO7. The lowest BCUT2D eigenvalue weighted by atomic mass is 9.90. The van der Waals surface area contributed by atoms with Gasteiger partial charge in [0.05, 0.1) is 19.3 Å². The lowest BCUT2D eigenvalue weighted by molar-refractivity contribution is -0.231. The number of benzene rings is 2. The van der Waals surface area contributed by atoms with Gasteiger partial charge < -0.3 is 34.6 Å². The molecule has 2 aromatic carbocycles. The number of aliphatic hydroxyl groups excluding tert-OH is 4. The van der Waals surface area contributed by atoms with Crippen LogP contribution in [0.1, 0.15) is 40.9 Å². The van der Waals surface area contributed by atoms with Crippen molar-refractivity contribution in [1.29, 1.82) is 0 Å². The maximum atomic E-state index is 10.4. The largest absolute Gasteiger partial charge is 0.394 e. The molecule has 8 heteroatoms. The Morgan fingerprint density at radius 1 is 0.935 bits per heavy atom. The summed E-state index contributed by atoms with van der Waals surface area (Å²) in [5, 5.41) is 40.5. The van der Waals surface area contributed by atoms with Crippen LogP contribution in [0.3, 0.4) is 0 Å². The van der Waals surface area contributed by atoms with E-state index in [0.29, 0.717) is 30.4 Å². The number of aliphatic hydroxyl groups is 4. The highest BCUT2D eigenvalue weighted by molar-refractivity contribution is 6.31. The predicted molar refractivity (Wildman–Crippen MR) is 113 cm³/mol. The molecule has 2 fully saturated rings. The summed E-state index contributed by atoms with van der Waals surface area (Å²) in [5.41, 5.74) is 3.62. The normalized spacial score (nSPS) is 31.5. The molecule has 4 N–H and O–H groups in total. The van der Waals surface area contributed by atoms with E-state index in [4.69, 9.17) is 25.8 Å². The van der Waals surface area contributed by atoms with Crippen LogP contribution in [0.15, 0.2) is 42.5 Å². The van der Waals surface area contributed by atoms with E-state index in [1.165, 1.54) is 0 Å². The summed E-state index contributed by atoms with van der Waals surface area (Å²) in [6.07, 6.45) is -4.55. The van der Waals surface area contributed by atoms with E-state index in [1.54, 1.807) is 12.1 Å². The van der Waals surface area contributed by atoms with E-state index in [1.807, 2.05) is 30.3 Å². The zero-order valence-corrected chi connectivity index (χ0v) is 17.7. The minimum atomic E-state index is -1.42. The number of rotatable bonds is 5. The molecule has 0 amide bonds. The fourth-order valence-electron chi connectivity index (χ4n) is 4.08. The van der Waals surface area contributed by atoms with Crippen LogP contribution < -0.4 is 0 Å². The molecule has 2 aliphatic rings. The van der Waals surface area contributed by atoms with E-state index in [0.717, 1.165) is 23.1 Å². The van der Waals surface area contributed by atoms with Crippen LogP contribution in [0, 0.1) is 0 Å². The Morgan fingerprint density at radius 2 is 1.68 bits per heavy atom. The Labute approximate surface area is 185 Å². The van der Waals surface area contributed by atoms with Gasteiger partial charge in [-0.05, 0) is 34.7 Å². The summed E-state index contributed by atoms with van der Waals surface area (Å²) in [7, 11) is 0. The lowest BCUT2D eigenvalue weighted by Gasteiger charge is -2.40. The second kappa shape index (κ2) is 9.94. The molecule has 0 radical (unpaired) electrons. The van der Waals surface area contributed by atoms with Gasteiger partial charge in [0.1, 0.15) is 37.3 Å². The van der Waals surface area contributed by atoms with Gasteiger partial charge in [-0.3, -0.25) is 0 Å². The van der Waals surface area contributed by atoms with Gasteiger partial charge in [-0.2, -0.15) is 0 Å². The molecule has 168 valence electrons. The molecular weight excluding hydrogens is 424 g/mol. The van der Waals surface area contributed by atoms with Crippen molar-refractivity contribution in [2.75, 3.05) is 20.0 Å². The molecule has 6 atom stereocenters. The Kier molecular flexibility index (Phi) is 7.26. The Balaban J connectivity index is 1.51. The van der Waals surface area contributed by atoms with E-state index in [2.05, 4.69) is 0 Å². The third kappa shape index (κ3) is 4.94. The van der Waals surface area contributed by atoms with Gasteiger partial charge >= 0.3 is 0 Å². The standard InChI is InChI=1S/C23H27ClO7/c24-17-6-5-15(23-22(28)21(27)20(26)19(11-25)31-23)10-16(17)9-13-1-3-14(4-2-13)18-7-8-29-12-30-18/h1-6,10,18-23,25-28H,7-9,11-12H2/t18?,19-,20-,21+,22-,23+/m1/s1. The topological polar surface area (TPSA) is 109 Å². The fourth-order valence-corrected chi connectivity index (χ4v) is 4.26. The molecule has 1 unspecified atom stereocenters. The number of halogens is 1. The average molecular weight is 451 g/mol. The summed E-state index contributed by atoms with van der Waals surface area (Å²) in [4.78, 5) is 0. The molecule has 0 bridgehead atoms. The first-order valence-electron chi connectivity index (χ1n) is 10.3. The van der Waals surface area contributed by atoms with Crippen molar-refractivity contribution in [2.24, 2.45) is 0 Å². The van der Waals surface area contributed by atoms with Crippen LogP contribution in [0.25, 0.3) is 0 Å². The van der Waals surface area contributed by atoms with Crippen LogP contribution in [-0.2, 0) is 20.6 Å². The van der Waals surface area contributed by atoms with Crippen molar-refractivity contribution in [2.45, 2.75) is 49.5 Å². The second-order valence-corrected chi connectivity index (χ2v) is 8.40. The fraction of sp³-hybridized carbons (Fsp3) is 0.478. The van der Waals surface area contributed by atoms with E-state index >= 15 is 0 Å². The number of ether oxygens (including phenoxy) is 3. The van der Waals surface area contributed by atoms with Gasteiger partial charge in [-0.1, -0.05) is 48.0 Å². The molecule has 0 saturated carbocycles. The number of hydrogen-bond donors (Lipinski definition) is 4. The second-order valence-electron chi connectivity index (χ2n) is 7.99. The highest BCUT2D eigenvalue weighted by atomic mass is 35.5. The van der Waals surface area contributed by atoms with Gasteiger partial charge in [0.25, 0.3) is 0 Å². The SMILES string of the molecule is OC[C@H]1O[C@@H](c2ccc(Cl)c(Cc3ccc(C4CCOCO4)cc3)c2)[C@H](O)[C@@H](O)[C@@H]1O. The summed E-state index contributed by atoms with van der Waals surface area (Å²) < 4.78 is 16.5. The molecule has 2 aliphatic heterocycles. The predicted octanol–water partition coefficient (Wildman–Crippen LogP) is 1.88. The van der Waals surface area contributed by atoms with Gasteiger partial charge in [0, 0.05) is 11.4 Å². The van der Waals surface area contributed by atoms with Crippen molar-refractivity contribution in [3.63, 3.8) is 0 Å². The van der Waals surface area contributed by atoms with Gasteiger partial charge in [0.15, 0.2) is 0 Å². The van der Waals surface area contributed by atoms with Crippen LogP contribution in [0.4, 0.5) is 0 Å². The smallest absolute Gasteiger partial charge is 0.147 e. The zero-order chi connectivity index (χ0) is 22.0. The average Bonchev–Trinajstić information content (AvgIpc) is 2.80. The van der Waals surface area contributed by atoms with E-state index in [-0.39, 0.29) is 6.10 Å². The Hall–Kier alpha value is -1.55. The van der Waals surface area contributed by atoms with Crippen molar-refractivity contribution < 1.29 is 34.6 Å². The highest BCUT2D eigenvalue weighted by Crippen LogP contribution is 2.34. The van der Waals surface area contributed by atoms with Crippen molar-refractivity contribution >= 4 is 11.6 Å². The highest BCUT2D eigenvalue weighted by Gasteiger charge is 2.44. The van der Waals surface area contributed by atoms with Gasteiger partial charge in [-0.25, -0.2) is 0 Å².